The zero-order valence-electron chi connectivity index (χ0n) is 16.5. The number of rotatable bonds is 4. The molecule has 6 nitrogen and oxygen atoms in total. The quantitative estimate of drug-likeness (QED) is 0.793. The molecule has 1 unspecified atom stereocenters. The number of nitrogens with zero attached hydrogens (tertiary/aromatic N) is 2. The summed E-state index contributed by atoms with van der Waals surface area (Å²) < 4.78 is 23.8. The Morgan fingerprint density at radius 2 is 1.69 bits per heavy atom. The van der Waals surface area contributed by atoms with Crippen molar-refractivity contribution in [3.63, 3.8) is 0 Å². The standard InChI is InChI=1S/C19H27N3O3S/c1-13-8-10-14(11-9-13)26(24,25)19(5,6)17(23)20-16-12-15(18(2,3)4)21-22(16)7/h8-12H,1-7H3,(H-,20,21,23,24,25)/p+1. The van der Waals surface area contributed by atoms with Gasteiger partial charge in [0.25, 0.3) is 16.1 Å². The van der Waals surface area contributed by atoms with Gasteiger partial charge in [-0.15, -0.1) is 0 Å². The number of amides is 1. The normalized spacial score (nSPS) is 14.8. The van der Waals surface area contributed by atoms with E-state index >= 15 is 0 Å². The van der Waals surface area contributed by atoms with E-state index in [1.807, 2.05) is 27.7 Å². The Balaban J connectivity index is 2.32. The fourth-order valence-electron chi connectivity index (χ4n) is 2.36. The highest BCUT2D eigenvalue weighted by Crippen LogP contribution is 2.32. The highest BCUT2D eigenvalue weighted by atomic mass is 32.3. The van der Waals surface area contributed by atoms with E-state index < -0.39 is 20.9 Å². The van der Waals surface area contributed by atoms with Crippen molar-refractivity contribution in [2.45, 2.75) is 56.6 Å². The number of carbonyl (C=O) groups is 1. The van der Waals surface area contributed by atoms with Crippen LogP contribution in [0.5, 0.6) is 0 Å². The molecule has 2 rings (SSSR count). The SMILES string of the molecule is Cc1ccc([S+](=O)(O)C(C)(C)C(=O)Nc2cc(C(C)(C)C)nn2C)cc1. The zero-order valence-corrected chi connectivity index (χ0v) is 17.3. The number of carbonyl (C=O) groups excluding carboxylic acids is 1. The lowest BCUT2D eigenvalue weighted by Gasteiger charge is -2.22. The molecule has 1 aromatic carbocycles. The smallest absolute Gasteiger partial charge is 0.284 e. The third kappa shape index (κ3) is 3.73. The van der Waals surface area contributed by atoms with E-state index in [-0.39, 0.29) is 10.3 Å². The van der Waals surface area contributed by atoms with Gasteiger partial charge < -0.3 is 5.32 Å². The summed E-state index contributed by atoms with van der Waals surface area (Å²) in [5.41, 5.74) is 1.65. The molecule has 0 radical (unpaired) electrons. The first-order chi connectivity index (χ1) is 11.8. The van der Waals surface area contributed by atoms with Crippen LogP contribution in [0.1, 0.15) is 45.9 Å². The van der Waals surface area contributed by atoms with Crippen molar-refractivity contribution in [1.29, 1.82) is 0 Å². The molecule has 1 heterocycles. The summed E-state index contributed by atoms with van der Waals surface area (Å²) >= 11 is 0. The van der Waals surface area contributed by atoms with Crippen molar-refractivity contribution in [1.82, 2.24) is 9.78 Å². The molecule has 0 saturated heterocycles. The average Bonchev–Trinajstić information content (AvgIpc) is 2.88. The van der Waals surface area contributed by atoms with Gasteiger partial charge in [0.1, 0.15) is 5.82 Å². The van der Waals surface area contributed by atoms with Crippen molar-refractivity contribution < 1.29 is 13.6 Å². The lowest BCUT2D eigenvalue weighted by Crippen LogP contribution is -2.48. The van der Waals surface area contributed by atoms with Crippen LogP contribution in [-0.2, 0) is 31.7 Å². The first kappa shape index (κ1) is 20.3. The highest BCUT2D eigenvalue weighted by Gasteiger charge is 2.54. The van der Waals surface area contributed by atoms with Gasteiger partial charge >= 0.3 is 0 Å². The molecule has 1 atom stereocenters. The molecule has 1 amide bonds. The van der Waals surface area contributed by atoms with Gasteiger partial charge in [0, 0.05) is 18.5 Å². The Morgan fingerprint density at radius 3 is 2.15 bits per heavy atom. The third-order valence-electron chi connectivity index (χ3n) is 4.47. The third-order valence-corrected chi connectivity index (χ3v) is 6.95. The van der Waals surface area contributed by atoms with Gasteiger partial charge in [0.2, 0.25) is 4.75 Å². The Labute approximate surface area is 156 Å². The van der Waals surface area contributed by atoms with E-state index in [1.165, 1.54) is 13.8 Å². The lowest BCUT2D eigenvalue weighted by molar-refractivity contribution is -0.118. The maximum atomic E-state index is 13.1. The van der Waals surface area contributed by atoms with Crippen LogP contribution in [0.4, 0.5) is 5.82 Å². The van der Waals surface area contributed by atoms with Gasteiger partial charge in [0.05, 0.1) is 5.69 Å². The fourth-order valence-corrected chi connectivity index (χ4v) is 3.76. The molecule has 142 valence electrons. The first-order valence-electron chi connectivity index (χ1n) is 8.45. The number of aromatic nitrogens is 2. The average molecular weight is 379 g/mol. The summed E-state index contributed by atoms with van der Waals surface area (Å²) in [4.78, 5) is 13.1. The van der Waals surface area contributed by atoms with Crippen LogP contribution in [0.2, 0.25) is 0 Å². The predicted molar refractivity (Wildman–Crippen MR) is 105 cm³/mol. The summed E-state index contributed by atoms with van der Waals surface area (Å²) in [6, 6.07) is 8.49. The van der Waals surface area contributed by atoms with E-state index in [2.05, 4.69) is 10.4 Å². The van der Waals surface area contributed by atoms with E-state index in [1.54, 1.807) is 42.1 Å². The van der Waals surface area contributed by atoms with Crippen molar-refractivity contribution in [3.05, 3.63) is 41.6 Å². The molecule has 0 fully saturated rings. The second-order valence-electron chi connectivity index (χ2n) is 8.09. The summed E-state index contributed by atoms with van der Waals surface area (Å²) in [6.45, 7) is 10.9. The van der Waals surface area contributed by atoms with Gasteiger partial charge in [-0.2, -0.15) is 9.65 Å². The number of anilines is 1. The fraction of sp³-hybridized carbons (Fsp3) is 0.474. The maximum Gasteiger partial charge on any atom is 0.284 e. The van der Waals surface area contributed by atoms with Crippen LogP contribution in [0, 0.1) is 6.92 Å². The van der Waals surface area contributed by atoms with Gasteiger partial charge in [-0.05, 0) is 32.9 Å². The van der Waals surface area contributed by atoms with Crippen LogP contribution in [0.25, 0.3) is 0 Å². The van der Waals surface area contributed by atoms with E-state index in [0.29, 0.717) is 5.82 Å². The van der Waals surface area contributed by atoms with Gasteiger partial charge in [-0.3, -0.25) is 9.48 Å². The molecule has 26 heavy (non-hydrogen) atoms. The Kier molecular flexibility index (Phi) is 5.18. The topological polar surface area (TPSA) is 84.2 Å². The molecule has 2 N–H and O–H groups in total. The van der Waals surface area contributed by atoms with Crippen molar-refractivity contribution in [2.75, 3.05) is 5.32 Å². The minimum Gasteiger partial charge on any atom is -0.306 e. The molecule has 2 aromatic rings. The second kappa shape index (κ2) is 6.63. The molecule has 0 aliphatic heterocycles. The zero-order chi connectivity index (χ0) is 19.9. The molecular formula is C19H28N3O3S+. The van der Waals surface area contributed by atoms with Crippen molar-refractivity contribution in [3.8, 4) is 0 Å². The van der Waals surface area contributed by atoms with Gasteiger partial charge in [-0.25, -0.2) is 0 Å². The lowest BCUT2D eigenvalue weighted by atomic mass is 9.92. The summed E-state index contributed by atoms with van der Waals surface area (Å²) in [6.07, 6.45) is 0. The minimum atomic E-state index is -3.60. The molecule has 0 bridgehead atoms. The summed E-state index contributed by atoms with van der Waals surface area (Å²) in [7, 11) is -1.87. The summed E-state index contributed by atoms with van der Waals surface area (Å²) in [5, 5.41) is 7.17. The number of aryl methyl sites for hydroxylation is 2. The molecule has 7 heteroatoms. The van der Waals surface area contributed by atoms with Crippen molar-refractivity contribution >= 4 is 21.9 Å². The number of benzene rings is 1. The predicted octanol–water partition coefficient (Wildman–Crippen LogP) is 3.77. The molecule has 0 spiro atoms. The Morgan fingerprint density at radius 1 is 1.15 bits per heavy atom. The molecule has 1 aromatic heterocycles. The molecule has 0 aliphatic carbocycles. The maximum absolute atomic E-state index is 13.1. The van der Waals surface area contributed by atoms with E-state index in [4.69, 9.17) is 0 Å². The van der Waals surface area contributed by atoms with Crippen LogP contribution in [-0.4, -0.2) is 25.0 Å². The first-order valence-corrected chi connectivity index (χ1v) is 9.97. The number of nitrogens with one attached hydrogen (secondary N) is 1. The number of hydrogen-bond acceptors (Lipinski definition) is 3. The highest BCUT2D eigenvalue weighted by molar-refractivity contribution is 7.99. The minimum absolute atomic E-state index is 0.164. The molecule has 0 saturated carbocycles. The van der Waals surface area contributed by atoms with E-state index in [9.17, 15) is 13.6 Å². The van der Waals surface area contributed by atoms with Crippen molar-refractivity contribution in [2.24, 2.45) is 7.05 Å². The van der Waals surface area contributed by atoms with Crippen LogP contribution in [0.3, 0.4) is 0 Å². The Bertz CT molecular complexity index is 861. The Hall–Kier alpha value is -1.99. The van der Waals surface area contributed by atoms with Gasteiger partial charge in [-0.1, -0.05) is 42.7 Å². The monoisotopic (exact) mass is 378 g/mol. The summed E-state index contributed by atoms with van der Waals surface area (Å²) in [5.74, 6) is -0.0406. The number of hydrogen-bond donors (Lipinski definition) is 2. The van der Waals surface area contributed by atoms with Crippen LogP contribution >= 0.6 is 0 Å². The van der Waals surface area contributed by atoms with Crippen LogP contribution in [0.15, 0.2) is 35.2 Å². The van der Waals surface area contributed by atoms with E-state index in [0.717, 1.165) is 11.3 Å². The molecular weight excluding hydrogens is 350 g/mol. The largest absolute Gasteiger partial charge is 0.306 e. The van der Waals surface area contributed by atoms with Gasteiger partial charge in [0.15, 0.2) is 4.90 Å². The second-order valence-corrected chi connectivity index (χ2v) is 10.6. The molecule has 0 aliphatic rings. The van der Waals surface area contributed by atoms with Crippen LogP contribution < -0.4 is 5.32 Å².